The summed E-state index contributed by atoms with van der Waals surface area (Å²) in [5.41, 5.74) is 0.172. The molecule has 3 rings (SSSR count). The average molecular weight is 360 g/mol. The van der Waals surface area contributed by atoms with Crippen molar-refractivity contribution < 1.29 is 13.9 Å². The van der Waals surface area contributed by atoms with Crippen LogP contribution in [0.2, 0.25) is 0 Å². The molecule has 1 saturated carbocycles. The minimum Gasteiger partial charge on any atom is -0.427 e. The fourth-order valence-electron chi connectivity index (χ4n) is 3.02. The normalized spacial score (nSPS) is 14.2. The largest absolute Gasteiger partial charge is 0.427 e. The number of methoxy groups -OCH3 is 1. The summed E-state index contributed by atoms with van der Waals surface area (Å²) >= 11 is 0. The molecule has 0 unspecified atom stereocenters. The Balaban J connectivity index is 1.60. The van der Waals surface area contributed by atoms with Crippen molar-refractivity contribution in [2.45, 2.75) is 45.1 Å². The maximum atomic E-state index is 12.4. The van der Waals surface area contributed by atoms with Gasteiger partial charge >= 0.3 is 5.63 Å². The molecule has 0 atom stereocenters. The van der Waals surface area contributed by atoms with Gasteiger partial charge in [0.25, 0.3) is 5.91 Å². The lowest BCUT2D eigenvalue weighted by atomic mass is 9.83. The Morgan fingerprint density at radius 2 is 2.27 bits per heavy atom. The van der Waals surface area contributed by atoms with E-state index in [1.165, 1.54) is 0 Å². The topological polar surface area (TPSA) is 99.2 Å². The standard InChI is InChI=1S/C18H24N4O4/c1-12-10-14(13-4-3-5-13)26-18(24)16(12)17(23)19-7-6-15-21-20-11-22(15)8-9-25-2/h10-11,13H,3-9H2,1-2H3,(H,19,23). The lowest BCUT2D eigenvalue weighted by Crippen LogP contribution is -2.32. The van der Waals surface area contributed by atoms with E-state index in [1.807, 2.05) is 10.6 Å². The van der Waals surface area contributed by atoms with Gasteiger partial charge in [0.15, 0.2) is 0 Å². The van der Waals surface area contributed by atoms with Crippen LogP contribution in [0.25, 0.3) is 0 Å². The van der Waals surface area contributed by atoms with Crippen LogP contribution in [0.15, 0.2) is 21.6 Å². The predicted octanol–water partition coefficient (Wildman–Crippen LogP) is 1.43. The van der Waals surface area contributed by atoms with E-state index >= 15 is 0 Å². The molecule has 0 saturated heterocycles. The minimum atomic E-state index is -0.562. The summed E-state index contributed by atoms with van der Waals surface area (Å²) in [6.45, 7) is 3.34. The lowest BCUT2D eigenvalue weighted by Gasteiger charge is -2.24. The van der Waals surface area contributed by atoms with Crippen molar-refractivity contribution in [3.63, 3.8) is 0 Å². The summed E-state index contributed by atoms with van der Waals surface area (Å²) in [7, 11) is 1.63. The quantitative estimate of drug-likeness (QED) is 0.764. The van der Waals surface area contributed by atoms with Gasteiger partial charge in [0.1, 0.15) is 23.5 Å². The number of aryl methyl sites for hydroxylation is 1. The Labute approximate surface area is 151 Å². The van der Waals surface area contributed by atoms with Crippen LogP contribution in [0, 0.1) is 6.92 Å². The first-order chi connectivity index (χ1) is 12.6. The fourth-order valence-corrected chi connectivity index (χ4v) is 3.02. The van der Waals surface area contributed by atoms with Crippen LogP contribution in [0.1, 0.15) is 52.7 Å². The van der Waals surface area contributed by atoms with Gasteiger partial charge < -0.3 is 19.0 Å². The first kappa shape index (κ1) is 18.3. The zero-order valence-corrected chi connectivity index (χ0v) is 15.2. The van der Waals surface area contributed by atoms with Crippen molar-refractivity contribution in [1.29, 1.82) is 0 Å². The number of amides is 1. The first-order valence-corrected chi connectivity index (χ1v) is 8.88. The zero-order chi connectivity index (χ0) is 18.5. The second kappa shape index (κ2) is 8.27. The van der Waals surface area contributed by atoms with E-state index in [4.69, 9.17) is 9.15 Å². The van der Waals surface area contributed by atoms with Gasteiger partial charge in [-0.2, -0.15) is 0 Å². The molecule has 1 aliphatic carbocycles. The van der Waals surface area contributed by atoms with E-state index < -0.39 is 11.5 Å². The number of carbonyl (C=O) groups is 1. The second-order valence-corrected chi connectivity index (χ2v) is 6.56. The highest BCUT2D eigenvalue weighted by Crippen LogP contribution is 2.36. The number of rotatable bonds is 8. The molecule has 140 valence electrons. The zero-order valence-electron chi connectivity index (χ0n) is 15.2. The third-order valence-electron chi connectivity index (χ3n) is 4.77. The van der Waals surface area contributed by atoms with E-state index in [1.54, 1.807) is 20.4 Å². The first-order valence-electron chi connectivity index (χ1n) is 8.88. The van der Waals surface area contributed by atoms with Gasteiger partial charge in [-0.15, -0.1) is 10.2 Å². The summed E-state index contributed by atoms with van der Waals surface area (Å²) in [6, 6.07) is 1.82. The highest BCUT2D eigenvalue weighted by Gasteiger charge is 2.25. The number of nitrogens with one attached hydrogen (secondary N) is 1. The molecular weight excluding hydrogens is 336 g/mol. The van der Waals surface area contributed by atoms with Crippen molar-refractivity contribution in [3.8, 4) is 0 Å². The second-order valence-electron chi connectivity index (χ2n) is 6.56. The smallest absolute Gasteiger partial charge is 0.349 e. The van der Waals surface area contributed by atoms with Gasteiger partial charge in [-0.05, 0) is 31.4 Å². The maximum absolute atomic E-state index is 12.4. The SMILES string of the molecule is COCCn1cnnc1CCNC(=O)c1c(C)cc(C2CCC2)oc1=O. The molecule has 2 heterocycles. The third-order valence-corrected chi connectivity index (χ3v) is 4.77. The number of aromatic nitrogens is 3. The van der Waals surface area contributed by atoms with Crippen molar-refractivity contribution in [2.24, 2.45) is 0 Å². The molecule has 26 heavy (non-hydrogen) atoms. The summed E-state index contributed by atoms with van der Waals surface area (Å²) in [5.74, 6) is 1.35. The highest BCUT2D eigenvalue weighted by atomic mass is 16.5. The van der Waals surface area contributed by atoms with E-state index in [-0.39, 0.29) is 5.56 Å². The van der Waals surface area contributed by atoms with E-state index in [2.05, 4.69) is 15.5 Å². The molecule has 0 bridgehead atoms. The van der Waals surface area contributed by atoms with Crippen LogP contribution in [0.4, 0.5) is 0 Å². The Morgan fingerprint density at radius 3 is 2.92 bits per heavy atom. The molecule has 1 amide bonds. The number of ether oxygens (including phenoxy) is 1. The van der Waals surface area contributed by atoms with E-state index in [0.29, 0.717) is 43.4 Å². The van der Waals surface area contributed by atoms with Crippen molar-refractivity contribution in [2.75, 3.05) is 20.3 Å². The van der Waals surface area contributed by atoms with Gasteiger partial charge in [-0.25, -0.2) is 4.79 Å². The van der Waals surface area contributed by atoms with Crippen LogP contribution in [-0.4, -0.2) is 40.9 Å². The molecule has 1 fully saturated rings. The summed E-state index contributed by atoms with van der Waals surface area (Å²) in [6.07, 6.45) is 5.38. The van der Waals surface area contributed by atoms with Crippen LogP contribution in [-0.2, 0) is 17.7 Å². The van der Waals surface area contributed by atoms with Crippen LogP contribution in [0.5, 0.6) is 0 Å². The van der Waals surface area contributed by atoms with Gasteiger partial charge in [0.2, 0.25) is 0 Å². The molecule has 0 aliphatic heterocycles. The number of carbonyl (C=O) groups excluding carboxylic acids is 1. The Bertz CT molecular complexity index is 823. The summed E-state index contributed by atoms with van der Waals surface area (Å²) in [5, 5.41) is 10.7. The number of hydrogen-bond acceptors (Lipinski definition) is 6. The third kappa shape index (κ3) is 4.01. The van der Waals surface area contributed by atoms with Gasteiger partial charge in [0.05, 0.1) is 6.61 Å². The van der Waals surface area contributed by atoms with Crippen LogP contribution >= 0.6 is 0 Å². The molecule has 8 nitrogen and oxygen atoms in total. The van der Waals surface area contributed by atoms with Crippen molar-refractivity contribution >= 4 is 5.91 Å². The summed E-state index contributed by atoms with van der Waals surface area (Å²) < 4.78 is 12.3. The molecule has 1 N–H and O–H groups in total. The molecule has 0 spiro atoms. The molecule has 2 aromatic heterocycles. The van der Waals surface area contributed by atoms with Crippen molar-refractivity contribution in [3.05, 3.63) is 45.5 Å². The highest BCUT2D eigenvalue weighted by molar-refractivity contribution is 5.95. The minimum absolute atomic E-state index is 0.0777. The molecule has 0 radical (unpaired) electrons. The molecule has 0 aromatic carbocycles. The Morgan fingerprint density at radius 1 is 1.46 bits per heavy atom. The Kier molecular flexibility index (Phi) is 5.82. The van der Waals surface area contributed by atoms with Crippen molar-refractivity contribution in [1.82, 2.24) is 20.1 Å². The Hall–Kier alpha value is -2.48. The van der Waals surface area contributed by atoms with E-state index in [0.717, 1.165) is 25.1 Å². The molecule has 1 aliphatic rings. The monoisotopic (exact) mass is 360 g/mol. The van der Waals surface area contributed by atoms with Crippen LogP contribution < -0.4 is 10.9 Å². The molecule has 8 heteroatoms. The van der Waals surface area contributed by atoms with Gasteiger partial charge in [-0.1, -0.05) is 6.42 Å². The molecular formula is C18H24N4O4. The van der Waals surface area contributed by atoms with E-state index in [9.17, 15) is 9.59 Å². The lowest BCUT2D eigenvalue weighted by molar-refractivity contribution is 0.0948. The van der Waals surface area contributed by atoms with Gasteiger partial charge in [-0.3, -0.25) is 4.79 Å². The van der Waals surface area contributed by atoms with Crippen LogP contribution in [0.3, 0.4) is 0 Å². The predicted molar refractivity (Wildman–Crippen MR) is 94.2 cm³/mol. The van der Waals surface area contributed by atoms with Gasteiger partial charge in [0, 0.05) is 32.5 Å². The summed E-state index contributed by atoms with van der Waals surface area (Å²) in [4.78, 5) is 24.6. The number of hydrogen-bond donors (Lipinski definition) is 1. The maximum Gasteiger partial charge on any atom is 0.349 e. The fraction of sp³-hybridized carbons (Fsp3) is 0.556. The molecule has 2 aromatic rings. The number of nitrogens with zero attached hydrogens (tertiary/aromatic N) is 3. The average Bonchev–Trinajstić information content (AvgIpc) is 2.98.